The van der Waals surface area contributed by atoms with Gasteiger partial charge in [-0.1, -0.05) is 41.7 Å². The molecule has 1 saturated heterocycles. The molecule has 0 bridgehead atoms. The van der Waals surface area contributed by atoms with Gasteiger partial charge < -0.3 is 24.0 Å². The van der Waals surface area contributed by atoms with Crippen LogP contribution in [0, 0.1) is 5.92 Å². The van der Waals surface area contributed by atoms with Crippen molar-refractivity contribution in [1.29, 1.82) is 0 Å². The van der Waals surface area contributed by atoms with Gasteiger partial charge in [0.15, 0.2) is 0 Å². The molecule has 1 amide bonds. The van der Waals surface area contributed by atoms with E-state index >= 15 is 0 Å². The summed E-state index contributed by atoms with van der Waals surface area (Å²) in [7, 11) is 2.07. The SMILES string of the molecule is C[C@@H]1C(C(=O)N[N+]2(C)CCCCC2)=NN(c2ccc(Cl)cc2Cl)[C@H]1c1ccc(Cl)s1.[I-]. The third kappa shape index (κ3) is 5.33. The Morgan fingerprint density at radius 2 is 1.87 bits per heavy atom. The van der Waals surface area contributed by atoms with E-state index in [1.54, 1.807) is 12.1 Å². The highest BCUT2D eigenvalue weighted by Crippen LogP contribution is 2.44. The van der Waals surface area contributed by atoms with Gasteiger partial charge in [0.1, 0.15) is 18.8 Å². The first-order chi connectivity index (χ1) is 14.3. The summed E-state index contributed by atoms with van der Waals surface area (Å²) in [6, 6.07) is 8.98. The molecule has 0 aliphatic carbocycles. The number of nitrogens with one attached hydrogen (secondary N) is 1. The summed E-state index contributed by atoms with van der Waals surface area (Å²) in [5.74, 6) is -0.269. The lowest BCUT2D eigenvalue weighted by atomic mass is 9.95. The van der Waals surface area contributed by atoms with Crippen LogP contribution in [0.15, 0.2) is 35.4 Å². The predicted octanol–water partition coefficient (Wildman–Crippen LogP) is 2.93. The Bertz CT molecular complexity index is 993. The fraction of sp³-hybridized carbons (Fsp3) is 0.429. The van der Waals surface area contributed by atoms with Crippen LogP contribution in [0.1, 0.15) is 37.1 Å². The predicted molar refractivity (Wildman–Crippen MR) is 126 cm³/mol. The molecule has 1 N–H and O–H groups in total. The number of likely N-dealkylation sites (tertiary alicyclic amines) is 1. The summed E-state index contributed by atoms with van der Waals surface area (Å²) < 4.78 is 1.24. The van der Waals surface area contributed by atoms with Crippen LogP contribution in [0.4, 0.5) is 5.69 Å². The van der Waals surface area contributed by atoms with Crippen molar-refractivity contribution in [2.45, 2.75) is 32.2 Å². The number of nitrogens with zero attached hydrogens (tertiary/aromatic N) is 3. The average Bonchev–Trinajstić information content (AvgIpc) is 3.25. The van der Waals surface area contributed by atoms with E-state index in [9.17, 15) is 4.79 Å². The van der Waals surface area contributed by atoms with Crippen LogP contribution in [-0.2, 0) is 4.79 Å². The van der Waals surface area contributed by atoms with Gasteiger partial charge in [-0.25, -0.2) is 4.59 Å². The minimum Gasteiger partial charge on any atom is -1.00 e. The number of piperidine rings is 1. The lowest BCUT2D eigenvalue weighted by molar-refractivity contribution is -0.947. The van der Waals surface area contributed by atoms with E-state index in [2.05, 4.69) is 12.5 Å². The first-order valence-electron chi connectivity index (χ1n) is 10.0. The zero-order valence-corrected chi connectivity index (χ0v) is 22.5. The molecule has 0 spiro atoms. The molecule has 0 unspecified atom stereocenters. The van der Waals surface area contributed by atoms with Crippen molar-refractivity contribution >= 4 is 63.4 Å². The van der Waals surface area contributed by atoms with Crippen LogP contribution < -0.4 is 34.4 Å². The fourth-order valence-corrected chi connectivity index (χ4v) is 5.98. The molecule has 1 aromatic carbocycles. The number of benzene rings is 1. The van der Waals surface area contributed by atoms with Gasteiger partial charge in [0, 0.05) is 15.8 Å². The Hall–Kier alpha value is -0.580. The molecule has 0 radical (unpaired) electrons. The molecule has 3 heterocycles. The normalized spacial score (nSPS) is 22.6. The summed E-state index contributed by atoms with van der Waals surface area (Å²) in [5, 5.41) is 7.63. The summed E-state index contributed by atoms with van der Waals surface area (Å²) >= 11 is 20.3. The molecule has 0 saturated carbocycles. The monoisotopic (exact) mass is 612 g/mol. The van der Waals surface area contributed by atoms with Gasteiger partial charge in [-0.3, -0.25) is 9.80 Å². The van der Waals surface area contributed by atoms with Crippen LogP contribution in [0.3, 0.4) is 0 Å². The third-order valence-corrected chi connectivity index (χ3v) is 7.67. The van der Waals surface area contributed by atoms with Gasteiger partial charge in [-0.2, -0.15) is 10.5 Å². The highest BCUT2D eigenvalue weighted by atomic mass is 127. The molecular formula is C21H24Cl3IN4OS. The number of hydrogen-bond acceptors (Lipinski definition) is 4. The maximum absolute atomic E-state index is 13.3. The highest BCUT2D eigenvalue weighted by Gasteiger charge is 2.42. The van der Waals surface area contributed by atoms with E-state index < -0.39 is 0 Å². The minimum absolute atomic E-state index is 0. The van der Waals surface area contributed by atoms with Crippen molar-refractivity contribution in [2.24, 2.45) is 11.0 Å². The van der Waals surface area contributed by atoms with E-state index in [1.807, 2.05) is 30.1 Å². The Kier molecular flexibility index (Phi) is 8.19. The molecular weight excluding hydrogens is 590 g/mol. The first kappa shape index (κ1) is 25.1. The third-order valence-electron chi connectivity index (χ3n) is 5.83. The number of amides is 1. The average molecular weight is 614 g/mol. The number of thiophene rings is 1. The van der Waals surface area contributed by atoms with E-state index in [-0.39, 0.29) is 41.8 Å². The molecule has 168 valence electrons. The summed E-state index contributed by atoms with van der Waals surface area (Å²) in [6.45, 7) is 3.89. The van der Waals surface area contributed by atoms with Crippen LogP contribution in [0.2, 0.25) is 14.4 Å². The molecule has 2 aliphatic heterocycles. The Morgan fingerprint density at radius 3 is 2.48 bits per heavy atom. The number of carbonyl (C=O) groups is 1. The zero-order chi connectivity index (χ0) is 21.5. The van der Waals surface area contributed by atoms with Gasteiger partial charge in [0.2, 0.25) is 0 Å². The Morgan fingerprint density at radius 1 is 1.16 bits per heavy atom. The number of rotatable bonds is 4. The number of carbonyl (C=O) groups excluding carboxylic acids is 1. The molecule has 4 rings (SSSR count). The highest BCUT2D eigenvalue weighted by molar-refractivity contribution is 7.16. The van der Waals surface area contributed by atoms with E-state index in [1.165, 1.54) is 17.8 Å². The van der Waals surface area contributed by atoms with E-state index in [0.717, 1.165) is 30.8 Å². The van der Waals surface area contributed by atoms with Crippen LogP contribution in [0.5, 0.6) is 0 Å². The molecule has 2 aromatic rings. The van der Waals surface area contributed by atoms with Crippen molar-refractivity contribution < 1.29 is 33.4 Å². The molecule has 1 aromatic heterocycles. The maximum atomic E-state index is 13.3. The lowest BCUT2D eigenvalue weighted by Gasteiger charge is -2.36. The number of halogens is 4. The van der Waals surface area contributed by atoms with Crippen molar-refractivity contribution in [3.63, 3.8) is 0 Å². The number of quaternary nitrogens is 1. The quantitative estimate of drug-likeness (QED) is 0.426. The van der Waals surface area contributed by atoms with Crippen LogP contribution in [-0.4, -0.2) is 36.3 Å². The molecule has 2 aliphatic rings. The summed E-state index contributed by atoms with van der Waals surface area (Å²) in [5.41, 5.74) is 4.42. The Balaban J connectivity index is 0.00000272. The topological polar surface area (TPSA) is 44.7 Å². The van der Waals surface area contributed by atoms with Gasteiger partial charge in [0.05, 0.1) is 28.1 Å². The van der Waals surface area contributed by atoms with Crippen LogP contribution >= 0.6 is 46.1 Å². The largest absolute Gasteiger partial charge is 1.00 e. The molecule has 5 nitrogen and oxygen atoms in total. The zero-order valence-electron chi connectivity index (χ0n) is 17.2. The fourth-order valence-electron chi connectivity index (χ4n) is 4.23. The van der Waals surface area contributed by atoms with Crippen molar-refractivity contribution in [3.05, 3.63) is 49.6 Å². The second-order valence-corrected chi connectivity index (χ2v) is 10.7. The van der Waals surface area contributed by atoms with Gasteiger partial charge in [-0.15, -0.1) is 11.3 Å². The number of anilines is 1. The molecule has 2 atom stereocenters. The molecule has 10 heteroatoms. The van der Waals surface area contributed by atoms with Gasteiger partial charge in [-0.05, 0) is 49.6 Å². The first-order valence-corrected chi connectivity index (χ1v) is 12.0. The summed E-state index contributed by atoms with van der Waals surface area (Å²) in [6.07, 6.45) is 3.44. The van der Waals surface area contributed by atoms with E-state index in [4.69, 9.17) is 39.9 Å². The second-order valence-electron chi connectivity index (χ2n) is 8.15. The van der Waals surface area contributed by atoms with Gasteiger partial charge >= 0.3 is 5.91 Å². The smallest absolute Gasteiger partial charge is 0.312 e. The van der Waals surface area contributed by atoms with Crippen LogP contribution in [0.25, 0.3) is 0 Å². The summed E-state index contributed by atoms with van der Waals surface area (Å²) in [4.78, 5) is 14.3. The van der Waals surface area contributed by atoms with E-state index in [0.29, 0.717) is 30.4 Å². The number of hydrazone groups is 1. The molecule has 1 fully saturated rings. The minimum atomic E-state index is -0.173. The molecule has 31 heavy (non-hydrogen) atoms. The maximum Gasteiger partial charge on any atom is 0.312 e. The van der Waals surface area contributed by atoms with Gasteiger partial charge in [0.25, 0.3) is 0 Å². The number of hydrogen-bond donors (Lipinski definition) is 1. The lowest BCUT2D eigenvalue weighted by Crippen LogP contribution is -3.00. The second kappa shape index (κ2) is 10.1. The van der Waals surface area contributed by atoms with Crippen molar-refractivity contribution in [1.82, 2.24) is 5.43 Å². The Labute approximate surface area is 218 Å². The van der Waals surface area contributed by atoms with Crippen molar-refractivity contribution in [3.8, 4) is 0 Å². The standard InChI is InChI=1S/C21H23Cl3N4OS.HI/c1-13-19(21(29)26-28(2)10-4-3-5-11-28)25-27(16-7-6-14(22)12-15(16)23)20(13)17-8-9-18(24)30-17;/h6-9,12-13,20H,3-5,10-11H2,1-2H3;1H/t13-,20-;/m1./s1. The van der Waals surface area contributed by atoms with Crippen molar-refractivity contribution in [2.75, 3.05) is 25.1 Å².